The number of carbonyl (C=O) groups is 2. The van der Waals surface area contributed by atoms with Crippen LogP contribution in [0.15, 0.2) is 67.3 Å². The van der Waals surface area contributed by atoms with Gasteiger partial charge in [0.25, 0.3) is 0 Å². The molecular weight excluding hydrogens is 368 g/mol. The number of benzene rings is 2. The van der Waals surface area contributed by atoms with E-state index < -0.39 is 0 Å². The average Bonchev–Trinajstić information content (AvgIpc) is 3.28. The summed E-state index contributed by atoms with van der Waals surface area (Å²) >= 11 is 0. The Morgan fingerprint density at radius 1 is 1.03 bits per heavy atom. The highest BCUT2D eigenvalue weighted by atomic mass is 16.2. The van der Waals surface area contributed by atoms with E-state index in [0.29, 0.717) is 6.54 Å². The van der Waals surface area contributed by atoms with Crippen LogP contribution in [0, 0.1) is 0 Å². The molecule has 0 aliphatic carbocycles. The van der Waals surface area contributed by atoms with E-state index in [9.17, 15) is 9.59 Å². The maximum atomic E-state index is 12.1. The van der Waals surface area contributed by atoms with E-state index in [1.807, 2.05) is 61.5 Å². The van der Waals surface area contributed by atoms with Crippen LogP contribution in [0.5, 0.6) is 0 Å². The monoisotopic (exact) mass is 392 g/mol. The van der Waals surface area contributed by atoms with Crippen LogP contribution < -0.4 is 16.0 Å². The van der Waals surface area contributed by atoms with Gasteiger partial charge in [0.15, 0.2) is 0 Å². The molecule has 0 radical (unpaired) electrons. The van der Waals surface area contributed by atoms with Gasteiger partial charge in [-0.25, -0.2) is 14.5 Å². The minimum absolute atomic E-state index is 0.124. The zero-order valence-corrected chi connectivity index (χ0v) is 16.2. The maximum absolute atomic E-state index is 12.1. The Kier molecular flexibility index (Phi) is 6.94. The van der Waals surface area contributed by atoms with Crippen molar-refractivity contribution in [3.05, 3.63) is 78.4 Å². The predicted octanol–water partition coefficient (Wildman–Crippen LogP) is 2.33. The summed E-state index contributed by atoms with van der Waals surface area (Å²) in [4.78, 5) is 27.9. The van der Waals surface area contributed by atoms with E-state index in [-0.39, 0.29) is 30.9 Å². The summed E-state index contributed by atoms with van der Waals surface area (Å²) in [5.74, 6) is -0.124. The van der Waals surface area contributed by atoms with Crippen LogP contribution in [-0.2, 0) is 11.3 Å². The number of rotatable bonds is 8. The summed E-state index contributed by atoms with van der Waals surface area (Å²) in [5.41, 5.74) is 2.90. The quantitative estimate of drug-likeness (QED) is 0.548. The van der Waals surface area contributed by atoms with Crippen molar-refractivity contribution in [2.24, 2.45) is 0 Å². The minimum atomic E-state index is -0.293. The van der Waals surface area contributed by atoms with Gasteiger partial charge in [-0.15, -0.1) is 0 Å². The fourth-order valence-corrected chi connectivity index (χ4v) is 2.78. The Bertz CT molecular complexity index is 910. The van der Waals surface area contributed by atoms with E-state index in [2.05, 4.69) is 26.0 Å². The third-order valence-electron chi connectivity index (χ3n) is 4.39. The van der Waals surface area contributed by atoms with E-state index >= 15 is 0 Å². The smallest absolute Gasteiger partial charge is 0.315 e. The molecule has 0 saturated carbocycles. The summed E-state index contributed by atoms with van der Waals surface area (Å²) < 4.78 is 1.67. The molecule has 0 spiro atoms. The highest BCUT2D eigenvalue weighted by Crippen LogP contribution is 2.15. The predicted molar refractivity (Wildman–Crippen MR) is 109 cm³/mol. The molecule has 8 heteroatoms. The molecule has 1 atom stereocenters. The summed E-state index contributed by atoms with van der Waals surface area (Å²) in [7, 11) is 0. The molecule has 2 aromatic carbocycles. The van der Waals surface area contributed by atoms with E-state index in [1.165, 1.54) is 6.33 Å². The van der Waals surface area contributed by atoms with Gasteiger partial charge >= 0.3 is 6.03 Å². The first-order valence-electron chi connectivity index (χ1n) is 9.42. The number of aromatic nitrogens is 3. The molecule has 1 unspecified atom stereocenters. The van der Waals surface area contributed by atoms with Crippen LogP contribution in [0.1, 0.15) is 30.5 Å². The van der Waals surface area contributed by atoms with Crippen molar-refractivity contribution in [2.45, 2.75) is 25.9 Å². The number of hydrogen-bond donors (Lipinski definition) is 3. The second-order valence-corrected chi connectivity index (χ2v) is 6.57. The molecule has 29 heavy (non-hydrogen) atoms. The Morgan fingerprint density at radius 2 is 1.79 bits per heavy atom. The normalized spacial score (nSPS) is 11.5. The fraction of sp³-hybridized carbons (Fsp3) is 0.238. The highest BCUT2D eigenvalue weighted by molar-refractivity contribution is 5.78. The zero-order valence-electron chi connectivity index (χ0n) is 16.2. The number of urea groups is 1. The molecule has 0 bridgehead atoms. The van der Waals surface area contributed by atoms with Crippen LogP contribution in [0.2, 0.25) is 0 Å². The number of carbonyl (C=O) groups excluding carboxylic acids is 2. The highest BCUT2D eigenvalue weighted by Gasteiger charge is 2.10. The molecule has 1 heterocycles. The van der Waals surface area contributed by atoms with Crippen LogP contribution in [-0.4, -0.2) is 33.2 Å². The van der Waals surface area contributed by atoms with Crippen LogP contribution >= 0.6 is 0 Å². The number of amides is 3. The lowest BCUT2D eigenvalue weighted by Crippen LogP contribution is -2.37. The van der Waals surface area contributed by atoms with E-state index in [1.54, 1.807) is 11.0 Å². The first-order chi connectivity index (χ1) is 14.1. The van der Waals surface area contributed by atoms with Crippen LogP contribution in [0.4, 0.5) is 4.79 Å². The summed E-state index contributed by atoms with van der Waals surface area (Å²) in [5, 5.41) is 12.5. The average molecular weight is 392 g/mol. The molecule has 0 fully saturated rings. The molecule has 0 aliphatic rings. The molecule has 3 N–H and O–H groups in total. The lowest BCUT2D eigenvalue weighted by molar-refractivity contribution is -0.121. The first kappa shape index (κ1) is 20.1. The Hall–Kier alpha value is -3.68. The third-order valence-corrected chi connectivity index (χ3v) is 4.39. The van der Waals surface area contributed by atoms with Crippen molar-refractivity contribution in [1.82, 2.24) is 30.7 Å². The zero-order chi connectivity index (χ0) is 20.5. The van der Waals surface area contributed by atoms with Gasteiger partial charge < -0.3 is 16.0 Å². The lowest BCUT2D eigenvalue weighted by Gasteiger charge is -2.15. The molecule has 3 amide bonds. The van der Waals surface area contributed by atoms with Gasteiger partial charge in [0.2, 0.25) is 5.91 Å². The van der Waals surface area contributed by atoms with Gasteiger partial charge in [-0.1, -0.05) is 42.5 Å². The molecule has 8 nitrogen and oxygen atoms in total. The van der Waals surface area contributed by atoms with E-state index in [0.717, 1.165) is 16.8 Å². The Balaban J connectivity index is 1.37. The topological polar surface area (TPSA) is 101 Å². The summed E-state index contributed by atoms with van der Waals surface area (Å²) in [6.45, 7) is 2.63. The minimum Gasteiger partial charge on any atom is -0.350 e. The molecule has 0 saturated heterocycles. The molecule has 1 aromatic heterocycles. The van der Waals surface area contributed by atoms with Gasteiger partial charge in [0.05, 0.1) is 11.7 Å². The number of hydrogen-bond acceptors (Lipinski definition) is 4. The molecular formula is C21H24N6O2. The van der Waals surface area contributed by atoms with Crippen molar-refractivity contribution >= 4 is 11.9 Å². The molecule has 0 aliphatic heterocycles. The first-order valence-corrected chi connectivity index (χ1v) is 9.42. The fourth-order valence-electron chi connectivity index (χ4n) is 2.78. The number of nitrogens with zero attached hydrogens (tertiary/aromatic N) is 3. The standard InChI is InChI=1S/C21H24N6O2/c1-16(18-7-9-19(10-8-18)27-15-22-14-25-27)26-20(28)11-12-23-21(29)24-13-17-5-3-2-4-6-17/h2-10,14-16H,11-13H2,1H3,(H,26,28)(H2,23,24,29). The third kappa shape index (κ3) is 6.17. The van der Waals surface area contributed by atoms with Crippen molar-refractivity contribution < 1.29 is 9.59 Å². The second kappa shape index (κ2) is 10.0. The maximum Gasteiger partial charge on any atom is 0.315 e. The van der Waals surface area contributed by atoms with Gasteiger partial charge in [-0.05, 0) is 30.2 Å². The Labute approximate surface area is 169 Å². The van der Waals surface area contributed by atoms with Crippen LogP contribution in [0.25, 0.3) is 5.69 Å². The van der Waals surface area contributed by atoms with Crippen molar-refractivity contribution in [2.75, 3.05) is 6.54 Å². The van der Waals surface area contributed by atoms with E-state index in [4.69, 9.17) is 0 Å². The molecule has 150 valence electrons. The van der Waals surface area contributed by atoms with Crippen molar-refractivity contribution in [3.63, 3.8) is 0 Å². The van der Waals surface area contributed by atoms with Crippen LogP contribution in [0.3, 0.4) is 0 Å². The Morgan fingerprint density at radius 3 is 2.48 bits per heavy atom. The second-order valence-electron chi connectivity index (χ2n) is 6.57. The summed E-state index contributed by atoms with van der Waals surface area (Å²) in [6.07, 6.45) is 3.32. The van der Waals surface area contributed by atoms with Crippen molar-refractivity contribution in [1.29, 1.82) is 0 Å². The van der Waals surface area contributed by atoms with Gasteiger partial charge in [0.1, 0.15) is 12.7 Å². The van der Waals surface area contributed by atoms with Crippen molar-refractivity contribution in [3.8, 4) is 5.69 Å². The lowest BCUT2D eigenvalue weighted by atomic mass is 10.1. The molecule has 3 aromatic rings. The number of nitrogens with one attached hydrogen (secondary N) is 3. The largest absolute Gasteiger partial charge is 0.350 e. The molecule has 3 rings (SSSR count). The van der Waals surface area contributed by atoms with Gasteiger partial charge in [-0.3, -0.25) is 4.79 Å². The van der Waals surface area contributed by atoms with Gasteiger partial charge in [-0.2, -0.15) is 5.10 Å². The van der Waals surface area contributed by atoms with Gasteiger partial charge in [0, 0.05) is 19.5 Å². The summed E-state index contributed by atoms with van der Waals surface area (Å²) in [6, 6.07) is 16.9. The SMILES string of the molecule is CC(NC(=O)CCNC(=O)NCc1ccccc1)c1ccc(-n2cncn2)cc1.